The third kappa shape index (κ3) is 2.85. The third-order valence-electron chi connectivity index (χ3n) is 3.56. The van der Waals surface area contributed by atoms with Crippen LogP contribution in [0, 0.1) is 5.92 Å². The molecule has 1 aromatic carbocycles. The summed E-state index contributed by atoms with van der Waals surface area (Å²) < 4.78 is 1.25. The standard InChI is InChI=1S/C14H17ClN2S/c15-11-4-5-13-12(8-11)17-14(18-13)6-3-10-2-1-7-16-9-10/h4-5,8,10,16H,1-3,6-7,9H2. The van der Waals surface area contributed by atoms with E-state index in [1.54, 1.807) is 11.3 Å². The van der Waals surface area contributed by atoms with Crippen LogP contribution in [0.1, 0.15) is 24.3 Å². The molecule has 3 rings (SSSR count). The maximum atomic E-state index is 5.98. The van der Waals surface area contributed by atoms with E-state index in [-0.39, 0.29) is 0 Å². The fourth-order valence-corrected chi connectivity index (χ4v) is 3.68. The minimum absolute atomic E-state index is 0.774. The molecule has 2 nitrogen and oxygen atoms in total. The van der Waals surface area contributed by atoms with Crippen molar-refractivity contribution in [2.24, 2.45) is 5.92 Å². The predicted molar refractivity (Wildman–Crippen MR) is 78.5 cm³/mol. The van der Waals surface area contributed by atoms with Gasteiger partial charge in [-0.3, -0.25) is 0 Å². The van der Waals surface area contributed by atoms with Crippen molar-refractivity contribution in [1.82, 2.24) is 10.3 Å². The smallest absolute Gasteiger partial charge is 0.0938 e. The number of piperidine rings is 1. The lowest BCUT2D eigenvalue weighted by Crippen LogP contribution is -2.29. The van der Waals surface area contributed by atoms with Gasteiger partial charge < -0.3 is 5.32 Å². The van der Waals surface area contributed by atoms with Crippen molar-refractivity contribution in [3.05, 3.63) is 28.2 Å². The highest BCUT2D eigenvalue weighted by atomic mass is 35.5. The molecule has 0 spiro atoms. The molecule has 0 radical (unpaired) electrons. The molecule has 0 amide bonds. The number of rotatable bonds is 3. The first-order valence-corrected chi connectivity index (χ1v) is 7.76. The van der Waals surface area contributed by atoms with Gasteiger partial charge >= 0.3 is 0 Å². The molecule has 96 valence electrons. The number of hydrogen-bond acceptors (Lipinski definition) is 3. The van der Waals surface area contributed by atoms with Crippen molar-refractivity contribution in [3.63, 3.8) is 0 Å². The second-order valence-corrected chi connectivity index (χ2v) is 6.52. The lowest BCUT2D eigenvalue weighted by atomic mass is 9.95. The van der Waals surface area contributed by atoms with Crippen LogP contribution in [-0.4, -0.2) is 18.1 Å². The number of nitrogens with one attached hydrogen (secondary N) is 1. The zero-order chi connectivity index (χ0) is 12.4. The first kappa shape index (κ1) is 12.4. The van der Waals surface area contributed by atoms with Crippen LogP contribution in [0.3, 0.4) is 0 Å². The van der Waals surface area contributed by atoms with Crippen LogP contribution >= 0.6 is 22.9 Å². The van der Waals surface area contributed by atoms with Gasteiger partial charge in [0.05, 0.1) is 15.2 Å². The molecule has 1 saturated heterocycles. The van der Waals surface area contributed by atoms with Gasteiger partial charge in [-0.2, -0.15) is 0 Å². The van der Waals surface area contributed by atoms with E-state index >= 15 is 0 Å². The van der Waals surface area contributed by atoms with Crippen LogP contribution in [0.25, 0.3) is 10.2 Å². The second kappa shape index (κ2) is 5.55. The lowest BCUT2D eigenvalue weighted by Gasteiger charge is -2.21. The van der Waals surface area contributed by atoms with E-state index in [0.29, 0.717) is 0 Å². The molecule has 0 saturated carbocycles. The van der Waals surface area contributed by atoms with Gasteiger partial charge in [0.25, 0.3) is 0 Å². The van der Waals surface area contributed by atoms with Crippen LogP contribution in [0.5, 0.6) is 0 Å². The van der Waals surface area contributed by atoms with E-state index in [2.05, 4.69) is 16.4 Å². The van der Waals surface area contributed by atoms with Crippen LogP contribution in [0.2, 0.25) is 5.02 Å². The Bertz CT molecular complexity index is 532. The summed E-state index contributed by atoms with van der Waals surface area (Å²) in [6, 6.07) is 5.97. The molecule has 1 unspecified atom stereocenters. The minimum atomic E-state index is 0.774. The summed E-state index contributed by atoms with van der Waals surface area (Å²) in [6.45, 7) is 2.37. The fourth-order valence-electron chi connectivity index (χ4n) is 2.55. The van der Waals surface area contributed by atoms with Crippen molar-refractivity contribution < 1.29 is 0 Å². The fraction of sp³-hybridized carbons (Fsp3) is 0.500. The zero-order valence-corrected chi connectivity index (χ0v) is 11.9. The average molecular weight is 281 g/mol. The second-order valence-electron chi connectivity index (χ2n) is 4.97. The molecule has 2 heterocycles. The quantitative estimate of drug-likeness (QED) is 0.923. The van der Waals surface area contributed by atoms with E-state index in [0.717, 1.165) is 22.9 Å². The Hall–Kier alpha value is -0.640. The monoisotopic (exact) mass is 280 g/mol. The summed E-state index contributed by atoms with van der Waals surface area (Å²) in [4.78, 5) is 4.67. The first-order valence-electron chi connectivity index (χ1n) is 6.57. The Kier molecular flexibility index (Phi) is 3.83. The molecule has 2 aromatic rings. The summed E-state index contributed by atoms with van der Waals surface area (Å²) in [5, 5.41) is 5.49. The molecular formula is C14H17ClN2S. The van der Waals surface area contributed by atoms with Crippen molar-refractivity contribution in [2.75, 3.05) is 13.1 Å². The molecule has 18 heavy (non-hydrogen) atoms. The van der Waals surface area contributed by atoms with Gasteiger partial charge in [0.15, 0.2) is 0 Å². The van der Waals surface area contributed by atoms with Crippen LogP contribution in [0.4, 0.5) is 0 Å². The van der Waals surface area contributed by atoms with E-state index in [4.69, 9.17) is 11.6 Å². The Morgan fingerprint density at radius 2 is 2.39 bits per heavy atom. The van der Waals surface area contributed by atoms with Crippen LogP contribution in [0.15, 0.2) is 18.2 Å². The molecule has 1 atom stereocenters. The molecule has 1 N–H and O–H groups in total. The summed E-state index contributed by atoms with van der Waals surface area (Å²) in [5.41, 5.74) is 1.05. The van der Waals surface area contributed by atoms with Gasteiger partial charge in [-0.25, -0.2) is 4.98 Å². The highest BCUT2D eigenvalue weighted by Gasteiger charge is 2.13. The minimum Gasteiger partial charge on any atom is -0.316 e. The normalized spacial score (nSPS) is 20.4. The Morgan fingerprint density at radius 3 is 3.22 bits per heavy atom. The van der Waals surface area contributed by atoms with Gasteiger partial charge in [-0.05, 0) is 62.9 Å². The summed E-state index contributed by atoms with van der Waals surface area (Å²) in [7, 11) is 0. The van der Waals surface area contributed by atoms with E-state index in [9.17, 15) is 0 Å². The van der Waals surface area contributed by atoms with Crippen molar-refractivity contribution >= 4 is 33.2 Å². The summed E-state index contributed by atoms with van der Waals surface area (Å²) in [5.74, 6) is 0.828. The predicted octanol–water partition coefficient (Wildman–Crippen LogP) is 3.88. The van der Waals surface area contributed by atoms with Crippen molar-refractivity contribution in [1.29, 1.82) is 0 Å². The molecule has 0 aliphatic carbocycles. The third-order valence-corrected chi connectivity index (χ3v) is 4.89. The number of nitrogens with zero attached hydrogens (tertiary/aromatic N) is 1. The number of benzene rings is 1. The van der Waals surface area contributed by atoms with E-state index in [1.165, 1.54) is 42.1 Å². The summed E-state index contributed by atoms with van der Waals surface area (Å²) >= 11 is 7.79. The Labute approximate surface area is 116 Å². The molecule has 1 aliphatic heterocycles. The van der Waals surface area contributed by atoms with Gasteiger partial charge in [-0.15, -0.1) is 11.3 Å². The highest BCUT2D eigenvalue weighted by Crippen LogP contribution is 2.27. The number of aryl methyl sites for hydroxylation is 1. The van der Waals surface area contributed by atoms with Gasteiger partial charge in [-0.1, -0.05) is 11.6 Å². The maximum absolute atomic E-state index is 5.98. The molecule has 1 fully saturated rings. The zero-order valence-electron chi connectivity index (χ0n) is 10.3. The largest absolute Gasteiger partial charge is 0.316 e. The van der Waals surface area contributed by atoms with E-state index in [1.807, 2.05) is 12.1 Å². The van der Waals surface area contributed by atoms with Crippen molar-refractivity contribution in [2.45, 2.75) is 25.7 Å². The number of thiazole rings is 1. The van der Waals surface area contributed by atoms with Gasteiger partial charge in [0.2, 0.25) is 0 Å². The number of hydrogen-bond donors (Lipinski definition) is 1. The van der Waals surface area contributed by atoms with Gasteiger partial charge in [0.1, 0.15) is 0 Å². The molecule has 4 heteroatoms. The van der Waals surface area contributed by atoms with Crippen LogP contribution < -0.4 is 5.32 Å². The number of fused-ring (bicyclic) bond motifs is 1. The number of aromatic nitrogens is 1. The molecule has 0 bridgehead atoms. The number of halogens is 1. The Balaban J connectivity index is 1.67. The average Bonchev–Trinajstić information content (AvgIpc) is 2.79. The van der Waals surface area contributed by atoms with Crippen molar-refractivity contribution in [3.8, 4) is 0 Å². The Morgan fingerprint density at radius 1 is 1.44 bits per heavy atom. The first-order chi connectivity index (χ1) is 8.81. The summed E-state index contributed by atoms with van der Waals surface area (Å²) in [6.07, 6.45) is 5.04. The van der Waals surface area contributed by atoms with Crippen LogP contribution in [-0.2, 0) is 6.42 Å². The van der Waals surface area contributed by atoms with Gasteiger partial charge in [0, 0.05) is 5.02 Å². The molecule has 1 aromatic heterocycles. The topological polar surface area (TPSA) is 24.9 Å². The highest BCUT2D eigenvalue weighted by molar-refractivity contribution is 7.18. The van der Waals surface area contributed by atoms with E-state index < -0.39 is 0 Å². The molecular weight excluding hydrogens is 264 g/mol. The SMILES string of the molecule is Clc1ccc2sc(CCC3CCCNC3)nc2c1. The molecule has 1 aliphatic rings. The maximum Gasteiger partial charge on any atom is 0.0938 e. The lowest BCUT2D eigenvalue weighted by molar-refractivity contribution is 0.358.